The summed E-state index contributed by atoms with van der Waals surface area (Å²) in [6.45, 7) is 4.23. The first-order valence-corrected chi connectivity index (χ1v) is 10.6. The summed E-state index contributed by atoms with van der Waals surface area (Å²) in [7, 11) is -3.29. The van der Waals surface area contributed by atoms with E-state index in [-0.39, 0.29) is 11.7 Å². The van der Waals surface area contributed by atoms with E-state index < -0.39 is 10.0 Å². The minimum absolute atomic E-state index is 0.0719. The zero-order valence-corrected chi connectivity index (χ0v) is 16.0. The highest BCUT2D eigenvalue weighted by Gasteiger charge is 2.26. The van der Waals surface area contributed by atoms with Gasteiger partial charge in [0.2, 0.25) is 10.0 Å². The molecule has 138 valence electrons. The first-order valence-electron chi connectivity index (χ1n) is 8.98. The number of nitrogens with one attached hydrogen (secondary N) is 1. The van der Waals surface area contributed by atoms with Crippen LogP contribution in [0.2, 0.25) is 0 Å². The van der Waals surface area contributed by atoms with Crippen molar-refractivity contribution in [2.75, 3.05) is 21.9 Å². The van der Waals surface area contributed by atoms with Gasteiger partial charge in [0.1, 0.15) is 0 Å². The van der Waals surface area contributed by atoms with Crippen LogP contribution in [0.1, 0.15) is 41.8 Å². The maximum atomic E-state index is 12.5. The molecule has 1 amide bonds. The van der Waals surface area contributed by atoms with Crippen molar-refractivity contribution in [2.45, 2.75) is 33.1 Å². The van der Waals surface area contributed by atoms with E-state index in [4.69, 9.17) is 0 Å². The molecule has 1 aliphatic rings. The molecule has 2 aromatic rings. The van der Waals surface area contributed by atoms with Crippen LogP contribution in [0.5, 0.6) is 0 Å². The Kier molecular flexibility index (Phi) is 5.32. The van der Waals surface area contributed by atoms with Crippen molar-refractivity contribution in [3.8, 4) is 0 Å². The molecule has 0 saturated heterocycles. The summed E-state index contributed by atoms with van der Waals surface area (Å²) in [5.41, 5.74) is 4.11. The lowest BCUT2D eigenvalue weighted by Crippen LogP contribution is -2.36. The number of carbonyl (C=O) groups is 1. The van der Waals surface area contributed by atoms with Gasteiger partial charge in [-0.1, -0.05) is 19.1 Å². The first-order chi connectivity index (χ1) is 12.4. The third-order valence-corrected chi connectivity index (χ3v) is 6.52. The second-order valence-electron chi connectivity index (χ2n) is 6.42. The third-order valence-electron chi connectivity index (χ3n) is 4.74. The van der Waals surface area contributed by atoms with Crippen LogP contribution in [0.25, 0.3) is 0 Å². The summed E-state index contributed by atoms with van der Waals surface area (Å²) in [6.07, 6.45) is 2.49. The molecule has 5 nitrogen and oxygen atoms in total. The molecule has 3 rings (SSSR count). The molecule has 0 saturated carbocycles. The summed E-state index contributed by atoms with van der Waals surface area (Å²) in [6, 6.07) is 13.0. The number of aryl methyl sites for hydroxylation is 2. The molecule has 0 aliphatic carbocycles. The second-order valence-corrected chi connectivity index (χ2v) is 8.61. The fraction of sp³-hybridized carbons (Fsp3) is 0.350. The molecule has 0 radical (unpaired) electrons. The van der Waals surface area contributed by atoms with Crippen molar-refractivity contribution in [1.29, 1.82) is 0 Å². The molecule has 0 bridgehead atoms. The van der Waals surface area contributed by atoms with Gasteiger partial charge in [0, 0.05) is 17.8 Å². The van der Waals surface area contributed by atoms with Gasteiger partial charge in [-0.05, 0) is 67.6 Å². The third kappa shape index (κ3) is 3.75. The normalized spacial score (nSPS) is 14.0. The van der Waals surface area contributed by atoms with Crippen molar-refractivity contribution in [2.24, 2.45) is 0 Å². The number of amides is 1. The number of sulfonamides is 1. The fourth-order valence-corrected chi connectivity index (χ4v) is 4.37. The molecule has 0 fully saturated rings. The van der Waals surface area contributed by atoms with Crippen LogP contribution in [0, 0.1) is 0 Å². The predicted molar refractivity (Wildman–Crippen MR) is 105 cm³/mol. The average molecular weight is 372 g/mol. The zero-order chi connectivity index (χ0) is 18.7. The van der Waals surface area contributed by atoms with Crippen LogP contribution < -0.4 is 9.62 Å². The quantitative estimate of drug-likeness (QED) is 0.872. The molecule has 1 heterocycles. The molecule has 6 heteroatoms. The minimum atomic E-state index is -3.29. The van der Waals surface area contributed by atoms with Gasteiger partial charge in [0.25, 0.3) is 5.91 Å². The Labute approximate surface area is 155 Å². The Morgan fingerprint density at radius 3 is 2.50 bits per heavy atom. The molecule has 0 aromatic heterocycles. The van der Waals surface area contributed by atoms with Crippen molar-refractivity contribution >= 4 is 27.3 Å². The van der Waals surface area contributed by atoms with Gasteiger partial charge in [-0.25, -0.2) is 8.42 Å². The number of anilines is 2. The van der Waals surface area contributed by atoms with E-state index in [1.54, 1.807) is 19.1 Å². The van der Waals surface area contributed by atoms with E-state index in [0.717, 1.165) is 30.5 Å². The van der Waals surface area contributed by atoms with E-state index in [1.807, 2.05) is 30.3 Å². The van der Waals surface area contributed by atoms with E-state index in [9.17, 15) is 13.2 Å². The molecule has 1 aliphatic heterocycles. The molecular formula is C20H24N2O3S. The lowest BCUT2D eigenvalue weighted by molar-refractivity contribution is 0.102. The van der Waals surface area contributed by atoms with Gasteiger partial charge in [-0.3, -0.25) is 9.10 Å². The Morgan fingerprint density at radius 1 is 1.12 bits per heavy atom. The average Bonchev–Trinajstić information content (AvgIpc) is 2.67. The Morgan fingerprint density at radius 2 is 1.85 bits per heavy atom. The number of rotatable bonds is 5. The number of benzene rings is 2. The summed E-state index contributed by atoms with van der Waals surface area (Å²) in [5.74, 6) is -0.116. The molecular weight excluding hydrogens is 348 g/mol. The number of nitrogens with zero attached hydrogens (tertiary/aromatic N) is 1. The van der Waals surface area contributed by atoms with Crippen LogP contribution in [-0.4, -0.2) is 26.6 Å². The van der Waals surface area contributed by atoms with Crippen molar-refractivity contribution in [3.05, 3.63) is 59.2 Å². The zero-order valence-electron chi connectivity index (χ0n) is 15.2. The molecule has 1 N–H and O–H groups in total. The van der Waals surface area contributed by atoms with Gasteiger partial charge in [0.15, 0.2) is 0 Å². The number of fused-ring (bicyclic) bond motifs is 1. The van der Waals surface area contributed by atoms with Gasteiger partial charge in [-0.15, -0.1) is 0 Å². The standard InChI is InChI=1S/C20H24N2O3S/c1-3-15-7-10-18(11-8-15)21-20(23)17-9-12-19-16(14-17)6-5-13-22(19)26(24,25)4-2/h7-12,14H,3-6,13H2,1-2H3,(H,21,23). The molecule has 0 unspecified atom stereocenters. The monoisotopic (exact) mass is 372 g/mol. The van der Waals surface area contributed by atoms with Crippen LogP contribution in [0.3, 0.4) is 0 Å². The predicted octanol–water partition coefficient (Wildman–Crippen LogP) is 3.60. The fourth-order valence-electron chi connectivity index (χ4n) is 3.18. The largest absolute Gasteiger partial charge is 0.322 e. The van der Waals surface area contributed by atoms with Crippen LogP contribution in [-0.2, 0) is 22.9 Å². The Balaban J connectivity index is 1.82. The smallest absolute Gasteiger partial charge is 0.255 e. The molecule has 0 spiro atoms. The summed E-state index contributed by atoms with van der Waals surface area (Å²) in [4.78, 5) is 12.5. The number of hydrogen-bond acceptors (Lipinski definition) is 3. The van der Waals surface area contributed by atoms with E-state index in [0.29, 0.717) is 17.8 Å². The van der Waals surface area contributed by atoms with Crippen molar-refractivity contribution in [1.82, 2.24) is 0 Å². The van der Waals surface area contributed by atoms with Crippen LogP contribution >= 0.6 is 0 Å². The van der Waals surface area contributed by atoms with Gasteiger partial charge < -0.3 is 5.32 Å². The highest BCUT2D eigenvalue weighted by atomic mass is 32.2. The van der Waals surface area contributed by atoms with Crippen molar-refractivity contribution in [3.63, 3.8) is 0 Å². The van der Waals surface area contributed by atoms with E-state index in [1.165, 1.54) is 9.87 Å². The summed E-state index contributed by atoms with van der Waals surface area (Å²) in [5, 5.41) is 2.90. The highest BCUT2D eigenvalue weighted by molar-refractivity contribution is 7.92. The lowest BCUT2D eigenvalue weighted by atomic mass is 10.0. The van der Waals surface area contributed by atoms with Gasteiger partial charge in [-0.2, -0.15) is 0 Å². The molecule has 26 heavy (non-hydrogen) atoms. The first kappa shape index (κ1) is 18.5. The molecule has 0 atom stereocenters. The highest BCUT2D eigenvalue weighted by Crippen LogP contribution is 2.30. The topological polar surface area (TPSA) is 66.5 Å². The number of hydrogen-bond donors (Lipinski definition) is 1. The maximum absolute atomic E-state index is 12.5. The Hall–Kier alpha value is -2.34. The lowest BCUT2D eigenvalue weighted by Gasteiger charge is -2.30. The maximum Gasteiger partial charge on any atom is 0.255 e. The van der Waals surface area contributed by atoms with Crippen LogP contribution in [0.15, 0.2) is 42.5 Å². The minimum Gasteiger partial charge on any atom is -0.322 e. The van der Waals surface area contributed by atoms with E-state index in [2.05, 4.69) is 12.2 Å². The van der Waals surface area contributed by atoms with E-state index >= 15 is 0 Å². The van der Waals surface area contributed by atoms with Gasteiger partial charge in [0.05, 0.1) is 11.4 Å². The van der Waals surface area contributed by atoms with Gasteiger partial charge >= 0.3 is 0 Å². The van der Waals surface area contributed by atoms with Crippen molar-refractivity contribution < 1.29 is 13.2 Å². The Bertz CT molecular complexity index is 905. The second kappa shape index (κ2) is 7.50. The van der Waals surface area contributed by atoms with Crippen LogP contribution in [0.4, 0.5) is 11.4 Å². The summed E-state index contributed by atoms with van der Waals surface area (Å²) < 4.78 is 26.0. The SMILES string of the molecule is CCc1ccc(NC(=O)c2ccc3c(c2)CCCN3S(=O)(=O)CC)cc1. The summed E-state index contributed by atoms with van der Waals surface area (Å²) >= 11 is 0. The number of carbonyl (C=O) groups excluding carboxylic acids is 1. The molecule has 2 aromatic carbocycles.